The Labute approximate surface area is 163 Å². The molecule has 4 aromatic rings. The highest BCUT2D eigenvalue weighted by atomic mass is 16.1. The highest BCUT2D eigenvalue weighted by Gasteiger charge is 2.14. The molecular weight excluding hydrogens is 350 g/mol. The summed E-state index contributed by atoms with van der Waals surface area (Å²) in [4.78, 5) is 12.6. The minimum atomic E-state index is -0.113. The molecule has 28 heavy (non-hydrogen) atoms. The van der Waals surface area contributed by atoms with Crippen LogP contribution in [0.3, 0.4) is 0 Å². The zero-order valence-electron chi connectivity index (χ0n) is 15.8. The third kappa shape index (κ3) is 3.44. The van der Waals surface area contributed by atoms with E-state index in [9.17, 15) is 4.79 Å². The van der Waals surface area contributed by atoms with Crippen LogP contribution in [-0.4, -0.2) is 25.5 Å². The number of nitrogens with one attached hydrogen (secondary N) is 1. The van der Waals surface area contributed by atoms with E-state index in [-0.39, 0.29) is 5.91 Å². The summed E-state index contributed by atoms with van der Waals surface area (Å²) in [6, 6.07) is 19.2. The molecule has 2 aromatic carbocycles. The van der Waals surface area contributed by atoms with Crippen molar-refractivity contribution in [2.24, 2.45) is 0 Å². The molecule has 0 aliphatic rings. The van der Waals surface area contributed by atoms with Crippen molar-refractivity contribution in [3.63, 3.8) is 0 Å². The fourth-order valence-electron chi connectivity index (χ4n) is 3.21. The number of amides is 1. The fourth-order valence-corrected chi connectivity index (χ4v) is 3.21. The normalized spacial score (nSPS) is 10.8. The maximum absolute atomic E-state index is 12.6. The lowest BCUT2D eigenvalue weighted by Crippen LogP contribution is -2.23. The summed E-state index contributed by atoms with van der Waals surface area (Å²) in [6.07, 6.45) is 3.59. The lowest BCUT2D eigenvalue weighted by atomic mass is 10.1. The highest BCUT2D eigenvalue weighted by Crippen LogP contribution is 2.18. The standard InChI is InChI=1S/C22H21N5O/c1-16-21(17(2)27(25-16)20-7-4-3-5-8-20)15-23-22(28)18-9-11-19(12-10-18)26-14-6-13-24-26/h3-14H,15H2,1-2H3,(H,23,28). The van der Waals surface area contributed by atoms with Gasteiger partial charge in [0.15, 0.2) is 0 Å². The van der Waals surface area contributed by atoms with Crippen LogP contribution in [0.4, 0.5) is 0 Å². The lowest BCUT2D eigenvalue weighted by Gasteiger charge is -2.08. The van der Waals surface area contributed by atoms with Gasteiger partial charge in [-0.05, 0) is 56.3 Å². The van der Waals surface area contributed by atoms with Crippen LogP contribution in [0.5, 0.6) is 0 Å². The van der Waals surface area contributed by atoms with Gasteiger partial charge in [-0.3, -0.25) is 4.79 Å². The molecule has 0 bridgehead atoms. The van der Waals surface area contributed by atoms with Crippen molar-refractivity contribution in [1.29, 1.82) is 0 Å². The Morgan fingerprint density at radius 1 is 0.964 bits per heavy atom. The summed E-state index contributed by atoms with van der Waals surface area (Å²) in [6.45, 7) is 4.42. The van der Waals surface area contributed by atoms with Crippen LogP contribution in [-0.2, 0) is 6.54 Å². The minimum absolute atomic E-state index is 0.113. The summed E-state index contributed by atoms with van der Waals surface area (Å²) in [5.74, 6) is -0.113. The van der Waals surface area contributed by atoms with Crippen LogP contribution < -0.4 is 5.32 Å². The molecule has 0 spiro atoms. The van der Waals surface area contributed by atoms with Crippen molar-refractivity contribution in [2.75, 3.05) is 0 Å². The number of rotatable bonds is 5. The van der Waals surface area contributed by atoms with Crippen LogP contribution in [0.2, 0.25) is 0 Å². The van der Waals surface area contributed by atoms with E-state index in [2.05, 4.69) is 15.5 Å². The molecule has 0 atom stereocenters. The number of benzene rings is 2. The first kappa shape index (κ1) is 17.7. The fraction of sp³-hybridized carbons (Fsp3) is 0.136. The van der Waals surface area contributed by atoms with E-state index in [1.165, 1.54) is 0 Å². The Bertz CT molecular complexity index is 1080. The molecular formula is C22H21N5O. The lowest BCUT2D eigenvalue weighted by molar-refractivity contribution is 0.0951. The van der Waals surface area contributed by atoms with E-state index < -0.39 is 0 Å². The maximum Gasteiger partial charge on any atom is 0.251 e. The smallest absolute Gasteiger partial charge is 0.251 e. The molecule has 0 aliphatic carbocycles. The van der Waals surface area contributed by atoms with Gasteiger partial charge in [0.05, 0.1) is 17.1 Å². The van der Waals surface area contributed by atoms with Gasteiger partial charge in [0.25, 0.3) is 5.91 Å². The predicted molar refractivity (Wildman–Crippen MR) is 108 cm³/mol. The predicted octanol–water partition coefficient (Wildman–Crippen LogP) is 3.60. The van der Waals surface area contributed by atoms with Crippen molar-refractivity contribution in [1.82, 2.24) is 24.9 Å². The van der Waals surface area contributed by atoms with E-state index >= 15 is 0 Å². The first-order chi connectivity index (χ1) is 13.6. The zero-order valence-corrected chi connectivity index (χ0v) is 15.8. The SMILES string of the molecule is Cc1nn(-c2ccccc2)c(C)c1CNC(=O)c1ccc(-n2cccn2)cc1. The van der Waals surface area contributed by atoms with Gasteiger partial charge in [-0.25, -0.2) is 9.36 Å². The van der Waals surface area contributed by atoms with Gasteiger partial charge in [0.1, 0.15) is 0 Å². The van der Waals surface area contributed by atoms with Gasteiger partial charge in [-0.1, -0.05) is 18.2 Å². The summed E-state index contributed by atoms with van der Waals surface area (Å²) in [5.41, 5.74) is 5.51. The van der Waals surface area contributed by atoms with Gasteiger partial charge in [0, 0.05) is 35.8 Å². The first-order valence-corrected chi connectivity index (χ1v) is 9.12. The minimum Gasteiger partial charge on any atom is -0.348 e. The molecule has 1 amide bonds. The average molecular weight is 371 g/mol. The number of carbonyl (C=O) groups excluding carboxylic acids is 1. The Hall–Kier alpha value is -3.67. The van der Waals surface area contributed by atoms with Gasteiger partial charge in [0.2, 0.25) is 0 Å². The van der Waals surface area contributed by atoms with E-state index in [1.807, 2.05) is 73.3 Å². The second-order valence-electron chi connectivity index (χ2n) is 6.58. The maximum atomic E-state index is 12.6. The van der Waals surface area contributed by atoms with Gasteiger partial charge in [-0.15, -0.1) is 0 Å². The van der Waals surface area contributed by atoms with Crippen LogP contribution in [0.1, 0.15) is 27.3 Å². The summed E-state index contributed by atoms with van der Waals surface area (Å²) < 4.78 is 3.67. The Morgan fingerprint density at radius 2 is 1.71 bits per heavy atom. The average Bonchev–Trinajstić information content (AvgIpc) is 3.36. The summed E-state index contributed by atoms with van der Waals surface area (Å²) in [5, 5.41) is 11.8. The number of hydrogen-bond acceptors (Lipinski definition) is 3. The van der Waals surface area contributed by atoms with E-state index in [0.29, 0.717) is 12.1 Å². The molecule has 0 aliphatic heterocycles. The van der Waals surface area contributed by atoms with Gasteiger partial charge < -0.3 is 5.32 Å². The molecule has 0 fully saturated rings. The quantitative estimate of drug-likeness (QED) is 0.583. The molecule has 2 aromatic heterocycles. The summed E-state index contributed by atoms with van der Waals surface area (Å²) >= 11 is 0. The molecule has 0 radical (unpaired) electrons. The Kier molecular flexibility index (Phi) is 4.76. The number of hydrogen-bond donors (Lipinski definition) is 1. The van der Waals surface area contributed by atoms with Crippen LogP contribution >= 0.6 is 0 Å². The highest BCUT2D eigenvalue weighted by molar-refractivity contribution is 5.94. The second kappa shape index (κ2) is 7.52. The zero-order chi connectivity index (χ0) is 19.5. The van der Waals surface area contributed by atoms with Gasteiger partial charge in [-0.2, -0.15) is 10.2 Å². The summed E-state index contributed by atoms with van der Waals surface area (Å²) in [7, 11) is 0. The van der Waals surface area contributed by atoms with Crippen molar-refractivity contribution in [2.45, 2.75) is 20.4 Å². The van der Waals surface area contributed by atoms with Crippen molar-refractivity contribution in [3.05, 3.63) is 95.6 Å². The van der Waals surface area contributed by atoms with E-state index in [1.54, 1.807) is 23.0 Å². The van der Waals surface area contributed by atoms with Gasteiger partial charge >= 0.3 is 0 Å². The molecule has 0 saturated heterocycles. The third-order valence-electron chi connectivity index (χ3n) is 4.77. The molecule has 0 saturated carbocycles. The number of nitrogens with zero attached hydrogens (tertiary/aromatic N) is 4. The number of carbonyl (C=O) groups is 1. The monoisotopic (exact) mass is 371 g/mol. The number of aryl methyl sites for hydroxylation is 1. The van der Waals surface area contributed by atoms with Crippen molar-refractivity contribution in [3.8, 4) is 11.4 Å². The molecule has 2 heterocycles. The molecule has 4 rings (SSSR count). The molecule has 6 nitrogen and oxygen atoms in total. The van der Waals surface area contributed by atoms with Crippen molar-refractivity contribution < 1.29 is 4.79 Å². The van der Waals surface area contributed by atoms with Crippen LogP contribution in [0.25, 0.3) is 11.4 Å². The van der Waals surface area contributed by atoms with Crippen molar-refractivity contribution >= 4 is 5.91 Å². The van der Waals surface area contributed by atoms with E-state index in [0.717, 1.165) is 28.3 Å². The van der Waals surface area contributed by atoms with E-state index in [4.69, 9.17) is 0 Å². The first-order valence-electron chi connectivity index (χ1n) is 9.12. The molecule has 1 N–H and O–H groups in total. The molecule has 6 heteroatoms. The number of aromatic nitrogens is 4. The number of para-hydroxylation sites is 1. The Balaban J connectivity index is 1.47. The second-order valence-corrected chi connectivity index (χ2v) is 6.58. The Morgan fingerprint density at radius 3 is 2.39 bits per heavy atom. The topological polar surface area (TPSA) is 64.7 Å². The van der Waals surface area contributed by atoms with Crippen LogP contribution in [0.15, 0.2) is 73.1 Å². The largest absolute Gasteiger partial charge is 0.348 e. The van der Waals surface area contributed by atoms with Crippen LogP contribution in [0, 0.1) is 13.8 Å². The molecule has 0 unspecified atom stereocenters. The third-order valence-corrected chi connectivity index (χ3v) is 4.77. The molecule has 140 valence electrons.